The zero-order chi connectivity index (χ0) is 30.7. The quantitative estimate of drug-likeness (QED) is 0.307. The number of hydrogen-bond acceptors (Lipinski definition) is 5. The minimum atomic E-state index is -1.18. The number of benzene rings is 3. The number of amides is 3. The molecule has 3 aromatic rings. The van der Waals surface area contributed by atoms with Crippen molar-refractivity contribution in [3.8, 4) is 11.1 Å². The monoisotopic (exact) mass is 605 g/mol. The highest BCUT2D eigenvalue weighted by atomic mass is 35.5. The van der Waals surface area contributed by atoms with Crippen LogP contribution in [-0.2, 0) is 27.4 Å². The second-order valence-electron chi connectivity index (χ2n) is 11.8. The average Bonchev–Trinajstić information content (AvgIpc) is 3.28. The van der Waals surface area contributed by atoms with Crippen LogP contribution in [0.5, 0.6) is 0 Å². The Morgan fingerprint density at radius 3 is 2.21 bits per heavy atom. The molecule has 3 amide bonds. The third-order valence-corrected chi connectivity index (χ3v) is 7.98. The topological polar surface area (TPSA) is 117 Å². The largest absolute Gasteiger partial charge is 0.465 e. The Bertz CT molecular complexity index is 1470. The molecule has 1 aliphatic carbocycles. The molecule has 226 valence electrons. The molecule has 2 aliphatic rings. The Morgan fingerprint density at radius 1 is 0.953 bits per heavy atom. The first-order valence-corrected chi connectivity index (χ1v) is 14.7. The number of alkyl carbamates (subject to hydrolysis) is 1. The first-order chi connectivity index (χ1) is 20.5. The number of halogens is 1. The van der Waals surface area contributed by atoms with Gasteiger partial charge in [-0.1, -0.05) is 66.2 Å². The fourth-order valence-electron chi connectivity index (χ4n) is 5.90. The third kappa shape index (κ3) is 6.95. The number of nitrogens with one attached hydrogen (secondary N) is 2. The lowest BCUT2D eigenvalue weighted by Gasteiger charge is -2.39. The van der Waals surface area contributed by atoms with Gasteiger partial charge in [0.25, 0.3) is 0 Å². The number of rotatable bonds is 7. The number of hydrogen-bond donors (Lipinski definition) is 3. The van der Waals surface area contributed by atoms with E-state index in [4.69, 9.17) is 21.1 Å². The van der Waals surface area contributed by atoms with E-state index in [1.54, 1.807) is 39.0 Å². The fourth-order valence-corrected chi connectivity index (χ4v) is 6.10. The molecule has 1 saturated heterocycles. The van der Waals surface area contributed by atoms with Crippen LogP contribution in [0, 0.1) is 0 Å². The molecule has 10 heteroatoms. The highest BCUT2D eigenvalue weighted by Gasteiger charge is 2.43. The van der Waals surface area contributed by atoms with Crippen LogP contribution in [0.4, 0.5) is 9.59 Å². The highest BCUT2D eigenvalue weighted by Crippen LogP contribution is 2.47. The number of carbonyl (C=O) groups is 3. The van der Waals surface area contributed by atoms with Gasteiger partial charge in [0.05, 0.1) is 12.7 Å². The lowest BCUT2D eigenvalue weighted by molar-refractivity contribution is -0.138. The van der Waals surface area contributed by atoms with Crippen molar-refractivity contribution in [3.63, 3.8) is 0 Å². The molecule has 43 heavy (non-hydrogen) atoms. The van der Waals surface area contributed by atoms with Crippen molar-refractivity contribution in [2.75, 3.05) is 13.2 Å². The molecule has 0 spiro atoms. The van der Waals surface area contributed by atoms with Gasteiger partial charge in [-0.2, -0.15) is 0 Å². The van der Waals surface area contributed by atoms with E-state index < -0.39 is 35.8 Å². The van der Waals surface area contributed by atoms with E-state index in [0.29, 0.717) is 17.0 Å². The first-order valence-electron chi connectivity index (χ1n) is 14.3. The Balaban J connectivity index is 1.34. The number of carbonyl (C=O) groups excluding carboxylic acids is 2. The summed E-state index contributed by atoms with van der Waals surface area (Å²) < 4.78 is 11.5. The standard InChI is InChI=1S/C33H36ClN3O6/c1-33(2,3)43-31(39)36-18-20-12-13-22(34)16-21(20)19-35-30(38)29-28(42-15-14-37(29)32(40)41)17-27-25-10-6-4-8-23(25)24-9-5-7-11-26(24)27/h4-13,16,27-29H,14-15,17-19H2,1-3H3,(H,35,38)(H,36,39)(H,40,41). The van der Waals surface area contributed by atoms with Crippen LogP contribution >= 0.6 is 11.6 Å². The number of morpholine rings is 1. The molecule has 0 bridgehead atoms. The predicted molar refractivity (Wildman–Crippen MR) is 163 cm³/mol. The molecule has 0 aromatic heterocycles. The number of ether oxygens (including phenoxy) is 2. The van der Waals surface area contributed by atoms with Crippen molar-refractivity contribution in [2.45, 2.75) is 63.9 Å². The van der Waals surface area contributed by atoms with Crippen LogP contribution in [0.25, 0.3) is 11.1 Å². The second kappa shape index (κ2) is 12.7. The molecule has 3 N–H and O–H groups in total. The normalized spacial score (nSPS) is 18.0. The molecule has 9 nitrogen and oxygen atoms in total. The maximum atomic E-state index is 13.8. The number of fused-ring (bicyclic) bond motifs is 3. The van der Waals surface area contributed by atoms with Crippen LogP contribution in [0.3, 0.4) is 0 Å². The molecule has 1 fully saturated rings. The van der Waals surface area contributed by atoms with Crippen LogP contribution in [-0.4, -0.2) is 59.0 Å². The molecule has 1 heterocycles. The van der Waals surface area contributed by atoms with Gasteiger partial charge in [-0.05, 0) is 72.7 Å². The van der Waals surface area contributed by atoms with Gasteiger partial charge in [0.2, 0.25) is 5.91 Å². The lowest BCUT2D eigenvalue weighted by Crippen LogP contribution is -2.60. The van der Waals surface area contributed by atoms with Crippen molar-refractivity contribution in [3.05, 3.63) is 94.0 Å². The van der Waals surface area contributed by atoms with E-state index in [-0.39, 0.29) is 32.2 Å². The summed E-state index contributed by atoms with van der Waals surface area (Å²) in [5.41, 5.74) is 5.34. The molecule has 5 rings (SSSR count). The van der Waals surface area contributed by atoms with Gasteiger partial charge in [0.15, 0.2) is 0 Å². The van der Waals surface area contributed by atoms with E-state index in [0.717, 1.165) is 27.8 Å². The summed E-state index contributed by atoms with van der Waals surface area (Å²) in [5, 5.41) is 16.2. The molecule has 0 radical (unpaired) electrons. The maximum Gasteiger partial charge on any atom is 0.408 e. The zero-order valence-corrected chi connectivity index (χ0v) is 25.2. The van der Waals surface area contributed by atoms with Gasteiger partial charge in [0, 0.05) is 30.6 Å². The Morgan fingerprint density at radius 2 is 1.58 bits per heavy atom. The number of carboxylic acid groups (broad SMARTS) is 1. The van der Waals surface area contributed by atoms with Gasteiger partial charge in [-0.25, -0.2) is 9.59 Å². The second-order valence-corrected chi connectivity index (χ2v) is 12.2. The fraction of sp³-hybridized carbons (Fsp3) is 0.364. The van der Waals surface area contributed by atoms with Gasteiger partial charge in [-0.3, -0.25) is 9.69 Å². The molecule has 2 unspecified atom stereocenters. The van der Waals surface area contributed by atoms with Crippen molar-refractivity contribution in [1.82, 2.24) is 15.5 Å². The summed E-state index contributed by atoms with van der Waals surface area (Å²) in [6.45, 7) is 5.87. The smallest absolute Gasteiger partial charge is 0.408 e. The lowest BCUT2D eigenvalue weighted by atomic mass is 9.87. The van der Waals surface area contributed by atoms with E-state index in [2.05, 4.69) is 34.9 Å². The van der Waals surface area contributed by atoms with Gasteiger partial charge in [-0.15, -0.1) is 0 Å². The van der Waals surface area contributed by atoms with Crippen molar-refractivity contribution in [2.24, 2.45) is 0 Å². The van der Waals surface area contributed by atoms with Gasteiger partial charge in [0.1, 0.15) is 11.6 Å². The molecular formula is C33H36ClN3O6. The van der Waals surface area contributed by atoms with E-state index >= 15 is 0 Å². The van der Waals surface area contributed by atoms with Crippen LogP contribution in [0.15, 0.2) is 66.7 Å². The van der Waals surface area contributed by atoms with E-state index in [1.807, 2.05) is 24.3 Å². The summed E-state index contributed by atoms with van der Waals surface area (Å²) in [7, 11) is 0. The molecule has 3 aromatic carbocycles. The summed E-state index contributed by atoms with van der Waals surface area (Å²) in [5.74, 6) is -0.502. The van der Waals surface area contributed by atoms with Gasteiger partial charge < -0.3 is 25.2 Å². The highest BCUT2D eigenvalue weighted by molar-refractivity contribution is 6.30. The Kier molecular flexibility index (Phi) is 8.94. The Hall–Kier alpha value is -4.08. The van der Waals surface area contributed by atoms with Crippen LogP contribution in [0.2, 0.25) is 5.02 Å². The average molecular weight is 606 g/mol. The summed E-state index contributed by atoms with van der Waals surface area (Å²) in [6.07, 6.45) is -1.96. The summed E-state index contributed by atoms with van der Waals surface area (Å²) >= 11 is 6.27. The minimum absolute atomic E-state index is 0.0418. The molecule has 0 saturated carbocycles. The summed E-state index contributed by atoms with van der Waals surface area (Å²) in [4.78, 5) is 39.4. The van der Waals surface area contributed by atoms with Crippen molar-refractivity contribution in [1.29, 1.82) is 0 Å². The SMILES string of the molecule is CC(C)(C)OC(=O)NCc1ccc(Cl)cc1CNC(=O)C1C(CC2c3ccccc3-c3ccccc32)OCCN1C(=O)O. The summed E-state index contributed by atoms with van der Waals surface area (Å²) in [6, 6.07) is 20.5. The van der Waals surface area contributed by atoms with E-state index in [9.17, 15) is 19.5 Å². The zero-order valence-electron chi connectivity index (χ0n) is 24.4. The van der Waals surface area contributed by atoms with Crippen LogP contribution in [0.1, 0.15) is 55.4 Å². The van der Waals surface area contributed by atoms with Crippen LogP contribution < -0.4 is 10.6 Å². The Labute approximate surface area is 256 Å². The number of nitrogens with zero attached hydrogens (tertiary/aromatic N) is 1. The maximum absolute atomic E-state index is 13.8. The van der Waals surface area contributed by atoms with Crippen molar-refractivity contribution < 1.29 is 29.0 Å². The van der Waals surface area contributed by atoms with Gasteiger partial charge >= 0.3 is 12.2 Å². The molecule has 1 aliphatic heterocycles. The minimum Gasteiger partial charge on any atom is -0.465 e. The predicted octanol–water partition coefficient (Wildman–Crippen LogP) is 5.93. The first kappa shape index (κ1) is 30.4. The van der Waals surface area contributed by atoms with E-state index in [1.165, 1.54) is 4.90 Å². The third-order valence-electron chi connectivity index (χ3n) is 7.74. The van der Waals surface area contributed by atoms with Crippen molar-refractivity contribution >= 4 is 29.7 Å². The molecule has 2 atom stereocenters. The molecular weight excluding hydrogens is 570 g/mol.